The van der Waals surface area contributed by atoms with Crippen LogP contribution in [0.3, 0.4) is 0 Å². The highest BCUT2D eigenvalue weighted by molar-refractivity contribution is 5.83. The summed E-state index contributed by atoms with van der Waals surface area (Å²) in [5, 5.41) is 0. The lowest BCUT2D eigenvalue weighted by atomic mass is 9.76. The van der Waals surface area contributed by atoms with Gasteiger partial charge in [-0.3, -0.25) is 14.4 Å². The van der Waals surface area contributed by atoms with Crippen molar-refractivity contribution in [2.45, 2.75) is 91.3 Å². The number of hydrogen-bond donors (Lipinski definition) is 0. The van der Waals surface area contributed by atoms with Gasteiger partial charge in [-0.15, -0.1) is 0 Å². The summed E-state index contributed by atoms with van der Waals surface area (Å²) in [4.78, 5) is 37.8. The van der Waals surface area contributed by atoms with E-state index >= 15 is 0 Å². The second-order valence-corrected chi connectivity index (χ2v) is 10.2. The van der Waals surface area contributed by atoms with Gasteiger partial charge in [0.25, 0.3) is 0 Å². The van der Waals surface area contributed by atoms with Gasteiger partial charge in [0.1, 0.15) is 17.3 Å². The van der Waals surface area contributed by atoms with Gasteiger partial charge >= 0.3 is 17.9 Å². The summed E-state index contributed by atoms with van der Waals surface area (Å²) in [7, 11) is 0. The lowest BCUT2D eigenvalue weighted by molar-refractivity contribution is -0.189. The molecule has 1 fully saturated rings. The lowest BCUT2D eigenvalue weighted by Gasteiger charge is -2.40. The average molecular weight is 449 g/mol. The zero-order chi connectivity index (χ0) is 24.1. The van der Waals surface area contributed by atoms with Crippen molar-refractivity contribution in [1.29, 1.82) is 0 Å². The Hall–Kier alpha value is -2.41. The Morgan fingerprint density at radius 2 is 1.28 bits per heavy atom. The van der Waals surface area contributed by atoms with Crippen LogP contribution in [0.1, 0.15) is 66.9 Å². The molecule has 0 spiro atoms. The average Bonchev–Trinajstić information content (AvgIpc) is 2.64. The summed E-state index contributed by atoms with van der Waals surface area (Å²) in [6.07, 6.45) is -0.927. The highest BCUT2D eigenvalue weighted by Gasteiger charge is 2.48. The fourth-order valence-corrected chi connectivity index (χ4v) is 3.70. The van der Waals surface area contributed by atoms with Crippen LogP contribution >= 0.6 is 0 Å². The lowest BCUT2D eigenvalue weighted by Crippen LogP contribution is -2.49. The number of esters is 3. The van der Waals surface area contributed by atoms with Gasteiger partial charge in [0.15, 0.2) is 0 Å². The van der Waals surface area contributed by atoms with Crippen LogP contribution in [0.4, 0.5) is 0 Å². The first-order chi connectivity index (χ1) is 14.7. The first-order valence-electron chi connectivity index (χ1n) is 11.0. The van der Waals surface area contributed by atoms with E-state index in [0.717, 1.165) is 5.56 Å². The standard InChI is InChI=1S/C25H36O7/c1-16(26)30-21-14-19(23(28)32-25(5,6)7)18(22(27)31-24(2,3)4)13-20(21)29-15-17-11-9-8-10-12-17/h8-12,18-21H,13-15H2,1-7H3/t18-,19-,20-,21-/m0/s1. The maximum Gasteiger partial charge on any atom is 0.310 e. The fraction of sp³-hybridized carbons (Fsp3) is 0.640. The van der Waals surface area contributed by atoms with Crippen molar-refractivity contribution in [3.05, 3.63) is 35.9 Å². The van der Waals surface area contributed by atoms with Crippen LogP contribution in [0, 0.1) is 11.8 Å². The van der Waals surface area contributed by atoms with Crippen LogP contribution in [-0.2, 0) is 39.9 Å². The van der Waals surface area contributed by atoms with E-state index in [4.69, 9.17) is 18.9 Å². The van der Waals surface area contributed by atoms with Crippen molar-refractivity contribution in [2.24, 2.45) is 11.8 Å². The van der Waals surface area contributed by atoms with E-state index in [1.54, 1.807) is 41.5 Å². The number of benzene rings is 1. The predicted molar refractivity (Wildman–Crippen MR) is 118 cm³/mol. The minimum atomic E-state index is -0.801. The SMILES string of the molecule is CC(=O)O[C@H]1C[C@H](C(=O)OC(C)(C)C)[C@@H](C(=O)OC(C)(C)C)C[C@@H]1OCc1ccccc1. The van der Waals surface area contributed by atoms with Gasteiger partial charge in [-0.25, -0.2) is 0 Å². The number of carbonyl (C=O) groups excluding carboxylic acids is 3. The van der Waals surface area contributed by atoms with Crippen molar-refractivity contribution in [3.8, 4) is 0 Å². The third kappa shape index (κ3) is 8.26. The molecule has 4 atom stereocenters. The van der Waals surface area contributed by atoms with Crippen LogP contribution in [0.15, 0.2) is 30.3 Å². The molecular weight excluding hydrogens is 412 g/mol. The van der Waals surface area contributed by atoms with Gasteiger partial charge in [-0.2, -0.15) is 0 Å². The maximum absolute atomic E-state index is 13.0. The maximum atomic E-state index is 13.0. The van der Waals surface area contributed by atoms with Crippen molar-refractivity contribution in [1.82, 2.24) is 0 Å². The zero-order valence-corrected chi connectivity index (χ0v) is 20.2. The minimum Gasteiger partial charge on any atom is -0.460 e. The Labute approximate surface area is 190 Å². The van der Waals surface area contributed by atoms with E-state index in [1.807, 2.05) is 30.3 Å². The molecule has 32 heavy (non-hydrogen) atoms. The number of hydrogen-bond acceptors (Lipinski definition) is 7. The van der Waals surface area contributed by atoms with Crippen molar-refractivity contribution in [2.75, 3.05) is 0 Å². The third-order valence-electron chi connectivity index (χ3n) is 4.92. The summed E-state index contributed by atoms with van der Waals surface area (Å²) in [5.74, 6) is -3.03. The smallest absolute Gasteiger partial charge is 0.310 e. The van der Waals surface area contributed by atoms with E-state index < -0.39 is 53.2 Å². The van der Waals surface area contributed by atoms with Crippen LogP contribution in [0.2, 0.25) is 0 Å². The highest BCUT2D eigenvalue weighted by Crippen LogP contribution is 2.37. The van der Waals surface area contributed by atoms with Crippen molar-refractivity contribution >= 4 is 17.9 Å². The van der Waals surface area contributed by atoms with Gasteiger partial charge < -0.3 is 18.9 Å². The Bertz CT molecular complexity index is 789. The van der Waals surface area contributed by atoms with Crippen molar-refractivity contribution < 1.29 is 33.3 Å². The first kappa shape index (κ1) is 25.8. The molecule has 0 aromatic heterocycles. The molecule has 0 N–H and O–H groups in total. The van der Waals surface area contributed by atoms with Gasteiger partial charge in [0.05, 0.1) is 24.5 Å². The first-order valence-corrected chi connectivity index (χ1v) is 11.0. The molecule has 0 radical (unpaired) electrons. The van der Waals surface area contributed by atoms with Gasteiger partial charge in [0, 0.05) is 13.3 Å². The van der Waals surface area contributed by atoms with Gasteiger partial charge in [0.2, 0.25) is 0 Å². The molecule has 178 valence electrons. The molecule has 0 amide bonds. The zero-order valence-electron chi connectivity index (χ0n) is 20.2. The number of rotatable bonds is 6. The Balaban J connectivity index is 2.29. The Morgan fingerprint density at radius 1 is 0.812 bits per heavy atom. The van der Waals surface area contributed by atoms with E-state index in [2.05, 4.69) is 0 Å². The summed E-state index contributed by atoms with van der Waals surface area (Å²) in [6, 6.07) is 9.59. The topological polar surface area (TPSA) is 88.1 Å². The number of carbonyl (C=O) groups is 3. The van der Waals surface area contributed by atoms with Gasteiger partial charge in [-0.05, 0) is 53.5 Å². The quantitative estimate of drug-likeness (QED) is 0.476. The normalized spacial score (nSPS) is 23.8. The molecule has 0 heterocycles. The van der Waals surface area contributed by atoms with E-state index in [0.29, 0.717) is 6.61 Å². The molecule has 1 aliphatic rings. The summed E-state index contributed by atoms with van der Waals surface area (Å²) < 4.78 is 22.8. The van der Waals surface area contributed by atoms with Crippen LogP contribution in [0.5, 0.6) is 0 Å². The summed E-state index contributed by atoms with van der Waals surface area (Å²) >= 11 is 0. The highest BCUT2D eigenvalue weighted by atomic mass is 16.6. The second kappa shape index (κ2) is 10.5. The largest absolute Gasteiger partial charge is 0.460 e. The molecular formula is C25H36O7. The molecule has 0 bridgehead atoms. The van der Waals surface area contributed by atoms with Gasteiger partial charge in [-0.1, -0.05) is 30.3 Å². The Morgan fingerprint density at radius 3 is 1.72 bits per heavy atom. The minimum absolute atomic E-state index is 0.123. The van der Waals surface area contributed by atoms with Crippen LogP contribution < -0.4 is 0 Å². The molecule has 0 unspecified atom stereocenters. The van der Waals surface area contributed by atoms with E-state index in [-0.39, 0.29) is 12.8 Å². The van der Waals surface area contributed by atoms with Crippen LogP contribution in [-0.4, -0.2) is 41.3 Å². The molecule has 1 saturated carbocycles. The molecule has 2 rings (SSSR count). The van der Waals surface area contributed by atoms with E-state index in [1.165, 1.54) is 6.92 Å². The van der Waals surface area contributed by atoms with Crippen molar-refractivity contribution in [3.63, 3.8) is 0 Å². The molecule has 1 aromatic carbocycles. The number of ether oxygens (including phenoxy) is 4. The summed E-state index contributed by atoms with van der Waals surface area (Å²) in [5.41, 5.74) is -0.465. The predicted octanol–water partition coefficient (Wildman–Crippen LogP) is 4.21. The Kier molecular flexibility index (Phi) is 8.46. The van der Waals surface area contributed by atoms with E-state index in [9.17, 15) is 14.4 Å². The molecule has 1 aliphatic carbocycles. The monoisotopic (exact) mass is 448 g/mol. The third-order valence-corrected chi connectivity index (χ3v) is 4.92. The fourth-order valence-electron chi connectivity index (χ4n) is 3.70. The molecule has 7 nitrogen and oxygen atoms in total. The molecule has 0 aliphatic heterocycles. The van der Waals surface area contributed by atoms with Crippen LogP contribution in [0.25, 0.3) is 0 Å². The summed E-state index contributed by atoms with van der Waals surface area (Å²) in [6.45, 7) is 12.3. The second-order valence-electron chi connectivity index (χ2n) is 10.2. The molecule has 7 heteroatoms. The molecule has 0 saturated heterocycles. The molecule has 1 aromatic rings.